The Balaban J connectivity index is 1.31. The molecule has 7 nitrogen and oxygen atoms in total. The zero-order valence-electron chi connectivity index (χ0n) is 20.3. The number of aromatic nitrogens is 2. The van der Waals surface area contributed by atoms with E-state index in [-0.39, 0.29) is 6.04 Å². The number of fused-ring (bicyclic) bond motifs is 1. The van der Waals surface area contributed by atoms with Gasteiger partial charge in [0.1, 0.15) is 11.6 Å². The Hall–Kier alpha value is -2.45. The van der Waals surface area contributed by atoms with Crippen LogP contribution in [0.25, 0.3) is 11.0 Å². The fourth-order valence-corrected chi connectivity index (χ4v) is 4.92. The molecule has 0 spiro atoms. The molecule has 2 aliphatic heterocycles. The summed E-state index contributed by atoms with van der Waals surface area (Å²) in [7, 11) is 2.19. The first-order chi connectivity index (χ1) is 16.6. The molecule has 0 bridgehead atoms. The van der Waals surface area contributed by atoms with E-state index in [1.165, 1.54) is 0 Å². The number of para-hydroxylation sites is 2. The van der Waals surface area contributed by atoms with Crippen molar-refractivity contribution in [3.8, 4) is 5.75 Å². The van der Waals surface area contributed by atoms with Gasteiger partial charge in [-0.2, -0.15) is 0 Å². The number of likely N-dealkylation sites (tertiary alicyclic amines) is 1. The highest BCUT2D eigenvalue weighted by Crippen LogP contribution is 2.28. The summed E-state index contributed by atoms with van der Waals surface area (Å²) in [6.07, 6.45) is 3.96. The van der Waals surface area contributed by atoms with Gasteiger partial charge in [-0.3, -0.25) is 0 Å². The number of hydrogen-bond donors (Lipinski definition) is 2. The van der Waals surface area contributed by atoms with Crippen molar-refractivity contribution in [2.24, 2.45) is 0 Å². The Labute approximate surface area is 201 Å². The number of H-pyrrole nitrogens is 1. The van der Waals surface area contributed by atoms with Gasteiger partial charge in [0.15, 0.2) is 5.79 Å². The second-order valence-corrected chi connectivity index (χ2v) is 9.67. The quantitative estimate of drug-likeness (QED) is 0.461. The zero-order chi connectivity index (χ0) is 23.4. The number of imidazole rings is 1. The largest absolute Gasteiger partial charge is 0.494 e. The molecular weight excluding hydrogens is 428 g/mol. The molecule has 1 atom stereocenters. The van der Waals surface area contributed by atoms with E-state index in [0.717, 1.165) is 66.9 Å². The van der Waals surface area contributed by atoms with Crippen LogP contribution < -0.4 is 10.1 Å². The highest BCUT2D eigenvalue weighted by atomic mass is 16.7. The minimum atomic E-state index is -0.463. The fraction of sp³-hybridized carbons (Fsp3) is 0.519. The standard InChI is InChI=1S/C27H36N4O3/c1-27(33-17-18-34-27)13-6-16-32-22-8-5-7-20(19-22)25(28-21-11-14-31(2)15-12-21)26-29-23-9-3-4-10-24(23)30-26/h3-5,7-10,19,21,25,28H,6,11-18H2,1-2H3,(H,29,30). The predicted octanol–water partition coefficient (Wildman–Crippen LogP) is 4.26. The lowest BCUT2D eigenvalue weighted by molar-refractivity contribution is -0.148. The Bertz CT molecular complexity index is 1040. The van der Waals surface area contributed by atoms with Crippen molar-refractivity contribution < 1.29 is 14.2 Å². The van der Waals surface area contributed by atoms with Gasteiger partial charge in [0, 0.05) is 12.5 Å². The average Bonchev–Trinajstić information content (AvgIpc) is 3.48. The monoisotopic (exact) mass is 464 g/mol. The third-order valence-corrected chi connectivity index (χ3v) is 6.94. The van der Waals surface area contributed by atoms with Crippen LogP contribution in [0, 0.1) is 0 Å². The van der Waals surface area contributed by atoms with Crippen LogP contribution in [0.15, 0.2) is 48.5 Å². The maximum atomic E-state index is 6.12. The summed E-state index contributed by atoms with van der Waals surface area (Å²) in [4.78, 5) is 10.9. The van der Waals surface area contributed by atoms with Crippen LogP contribution in [0.4, 0.5) is 0 Å². The van der Waals surface area contributed by atoms with E-state index in [2.05, 4.69) is 52.6 Å². The molecule has 2 N–H and O–H groups in total. The molecule has 2 saturated heterocycles. The van der Waals surface area contributed by atoms with Crippen LogP contribution in [0.3, 0.4) is 0 Å². The van der Waals surface area contributed by atoms with E-state index in [1.54, 1.807) is 0 Å². The van der Waals surface area contributed by atoms with Gasteiger partial charge < -0.3 is 29.4 Å². The van der Waals surface area contributed by atoms with Gasteiger partial charge in [0.25, 0.3) is 0 Å². The molecule has 2 aromatic carbocycles. The molecular formula is C27H36N4O3. The van der Waals surface area contributed by atoms with Crippen molar-refractivity contribution in [2.75, 3.05) is 40.0 Å². The Morgan fingerprint density at radius 2 is 1.94 bits per heavy atom. The van der Waals surface area contributed by atoms with Crippen molar-refractivity contribution >= 4 is 11.0 Å². The molecule has 3 aromatic rings. The molecule has 0 amide bonds. The first-order valence-electron chi connectivity index (χ1n) is 12.5. The molecule has 3 heterocycles. The first-order valence-corrected chi connectivity index (χ1v) is 12.5. The summed E-state index contributed by atoms with van der Waals surface area (Å²) in [5, 5.41) is 3.90. The molecule has 0 aliphatic carbocycles. The van der Waals surface area contributed by atoms with E-state index < -0.39 is 5.79 Å². The van der Waals surface area contributed by atoms with E-state index in [0.29, 0.717) is 25.9 Å². The highest BCUT2D eigenvalue weighted by molar-refractivity contribution is 5.75. The van der Waals surface area contributed by atoms with E-state index >= 15 is 0 Å². The molecule has 34 heavy (non-hydrogen) atoms. The minimum Gasteiger partial charge on any atom is -0.494 e. The van der Waals surface area contributed by atoms with Gasteiger partial charge in [-0.15, -0.1) is 0 Å². The first kappa shape index (κ1) is 23.3. The van der Waals surface area contributed by atoms with Gasteiger partial charge in [-0.1, -0.05) is 24.3 Å². The zero-order valence-corrected chi connectivity index (χ0v) is 20.3. The van der Waals surface area contributed by atoms with Crippen LogP contribution in [-0.2, 0) is 9.47 Å². The number of ether oxygens (including phenoxy) is 3. The molecule has 0 radical (unpaired) electrons. The van der Waals surface area contributed by atoms with Gasteiger partial charge in [-0.25, -0.2) is 4.98 Å². The Kier molecular flexibility index (Phi) is 7.15. The second-order valence-electron chi connectivity index (χ2n) is 9.67. The number of rotatable bonds is 9. The number of nitrogens with zero attached hydrogens (tertiary/aromatic N) is 2. The van der Waals surface area contributed by atoms with Crippen molar-refractivity contribution in [3.63, 3.8) is 0 Å². The van der Waals surface area contributed by atoms with Crippen molar-refractivity contribution in [3.05, 3.63) is 59.9 Å². The minimum absolute atomic E-state index is 0.0245. The summed E-state index contributed by atoms with van der Waals surface area (Å²) in [5.41, 5.74) is 3.21. The summed E-state index contributed by atoms with van der Waals surface area (Å²) < 4.78 is 17.5. The van der Waals surface area contributed by atoms with Gasteiger partial charge in [0.05, 0.1) is 36.9 Å². The third-order valence-electron chi connectivity index (χ3n) is 6.94. The Morgan fingerprint density at radius 1 is 1.15 bits per heavy atom. The number of aromatic amines is 1. The van der Waals surface area contributed by atoms with Gasteiger partial charge >= 0.3 is 0 Å². The summed E-state index contributed by atoms with van der Waals surface area (Å²) in [5.74, 6) is 1.36. The molecule has 2 aliphatic rings. The van der Waals surface area contributed by atoms with Crippen LogP contribution in [0.1, 0.15) is 50.0 Å². The highest BCUT2D eigenvalue weighted by Gasteiger charge is 2.30. The molecule has 2 fully saturated rings. The topological polar surface area (TPSA) is 71.6 Å². The number of hydrogen-bond acceptors (Lipinski definition) is 6. The molecule has 1 unspecified atom stereocenters. The SMILES string of the molecule is CN1CCC(NC(c2cccc(OCCCC3(C)OCCO3)c2)c2nc3ccccc3[nH]2)CC1. The fourth-order valence-electron chi connectivity index (χ4n) is 4.92. The lowest BCUT2D eigenvalue weighted by Gasteiger charge is -2.32. The molecule has 0 saturated carbocycles. The average molecular weight is 465 g/mol. The van der Waals surface area contributed by atoms with E-state index in [1.807, 2.05) is 25.1 Å². The number of benzene rings is 2. The molecule has 5 rings (SSSR count). The number of nitrogens with one attached hydrogen (secondary N) is 2. The molecule has 1 aromatic heterocycles. The van der Waals surface area contributed by atoms with Crippen LogP contribution in [0.2, 0.25) is 0 Å². The van der Waals surface area contributed by atoms with E-state index in [9.17, 15) is 0 Å². The molecule has 182 valence electrons. The smallest absolute Gasteiger partial charge is 0.165 e. The maximum Gasteiger partial charge on any atom is 0.165 e. The third kappa shape index (κ3) is 5.61. The summed E-state index contributed by atoms with van der Waals surface area (Å²) >= 11 is 0. The van der Waals surface area contributed by atoms with Crippen molar-refractivity contribution in [2.45, 2.75) is 50.5 Å². The lowest BCUT2D eigenvalue weighted by Crippen LogP contribution is -2.42. The summed E-state index contributed by atoms with van der Waals surface area (Å²) in [6.45, 7) is 6.20. The second kappa shape index (κ2) is 10.4. The van der Waals surface area contributed by atoms with Gasteiger partial charge in [0.2, 0.25) is 0 Å². The number of piperidine rings is 1. The normalized spacial score (nSPS) is 20.1. The van der Waals surface area contributed by atoms with Gasteiger partial charge in [-0.05, 0) is 76.2 Å². The van der Waals surface area contributed by atoms with E-state index in [4.69, 9.17) is 19.2 Å². The Morgan fingerprint density at radius 3 is 2.74 bits per heavy atom. The van der Waals surface area contributed by atoms with Crippen molar-refractivity contribution in [1.29, 1.82) is 0 Å². The summed E-state index contributed by atoms with van der Waals surface area (Å²) in [6, 6.07) is 17.0. The predicted molar refractivity (Wildman–Crippen MR) is 133 cm³/mol. The molecule has 7 heteroatoms. The lowest BCUT2D eigenvalue weighted by atomic mass is 10.0. The van der Waals surface area contributed by atoms with Crippen LogP contribution >= 0.6 is 0 Å². The van der Waals surface area contributed by atoms with Crippen LogP contribution in [0.5, 0.6) is 5.75 Å². The van der Waals surface area contributed by atoms with Crippen LogP contribution in [-0.4, -0.2) is 66.7 Å². The maximum absolute atomic E-state index is 6.12. The van der Waals surface area contributed by atoms with Crippen molar-refractivity contribution in [1.82, 2.24) is 20.2 Å².